The fraction of sp³-hybridized carbons (Fsp3) is 0.600. The highest BCUT2D eigenvalue weighted by molar-refractivity contribution is 5.37. The molecule has 5 heteroatoms. The van der Waals surface area contributed by atoms with Crippen molar-refractivity contribution in [1.29, 1.82) is 0 Å². The monoisotopic (exact) mass is 284 g/mol. The smallest absolute Gasteiger partial charge is 0.134 e. The lowest BCUT2D eigenvalue weighted by Gasteiger charge is -2.42. The minimum absolute atomic E-state index is 0.195. The zero-order valence-corrected chi connectivity index (χ0v) is 12.2. The number of rotatable bonds is 2. The van der Waals surface area contributed by atoms with Gasteiger partial charge in [-0.25, -0.2) is 8.78 Å². The Bertz CT molecular complexity index is 456. The van der Waals surface area contributed by atoms with E-state index in [1.54, 1.807) is 0 Å². The number of nitrogens with one attached hydrogen (secondary N) is 1. The summed E-state index contributed by atoms with van der Waals surface area (Å²) in [5.74, 6) is -1.74. The van der Waals surface area contributed by atoms with E-state index in [9.17, 15) is 13.9 Å². The van der Waals surface area contributed by atoms with Gasteiger partial charge in [0.25, 0.3) is 0 Å². The van der Waals surface area contributed by atoms with Gasteiger partial charge in [0.2, 0.25) is 0 Å². The lowest BCUT2D eigenvalue weighted by atomic mass is 9.80. The molecule has 1 aliphatic heterocycles. The first-order valence-corrected chi connectivity index (χ1v) is 6.93. The molecule has 1 atom stereocenters. The lowest BCUT2D eigenvalue weighted by Crippen LogP contribution is -2.48. The molecule has 1 aromatic carbocycles. The maximum Gasteiger partial charge on any atom is 0.134 e. The molecule has 2 rings (SSSR count). The van der Waals surface area contributed by atoms with E-state index in [4.69, 9.17) is 0 Å². The van der Waals surface area contributed by atoms with Gasteiger partial charge >= 0.3 is 0 Å². The van der Waals surface area contributed by atoms with Gasteiger partial charge in [0.15, 0.2) is 0 Å². The van der Waals surface area contributed by atoms with E-state index in [-0.39, 0.29) is 22.8 Å². The number of nitrogens with zero attached hydrogens (tertiary/aromatic N) is 1. The quantitative estimate of drug-likeness (QED) is 0.876. The molecule has 2 N–H and O–H groups in total. The number of hydrogen-bond donors (Lipinski definition) is 2. The topological polar surface area (TPSA) is 35.5 Å². The third-order valence-electron chi connectivity index (χ3n) is 3.68. The van der Waals surface area contributed by atoms with Gasteiger partial charge in [0.1, 0.15) is 17.4 Å². The van der Waals surface area contributed by atoms with Gasteiger partial charge in [-0.15, -0.1) is 0 Å². The van der Waals surface area contributed by atoms with Crippen LogP contribution in [0.1, 0.15) is 32.4 Å². The number of benzene rings is 1. The summed E-state index contributed by atoms with van der Waals surface area (Å²) < 4.78 is 27.4. The second-order valence-corrected chi connectivity index (χ2v) is 6.37. The normalized spacial score (nSPS) is 19.1. The van der Waals surface area contributed by atoms with Crippen LogP contribution < -0.4 is 5.32 Å². The Morgan fingerprint density at radius 3 is 2.30 bits per heavy atom. The van der Waals surface area contributed by atoms with E-state index in [0.717, 1.165) is 38.3 Å². The predicted molar refractivity (Wildman–Crippen MR) is 74.7 cm³/mol. The number of phenols is 1. The molecule has 0 radical (unpaired) electrons. The van der Waals surface area contributed by atoms with Crippen LogP contribution in [0.3, 0.4) is 0 Å². The SMILES string of the molecule is CC(C)(C)[C@H](c1c(O)cc(F)cc1F)N1CCNCC1. The summed E-state index contributed by atoms with van der Waals surface area (Å²) in [6, 6.07) is 1.54. The Morgan fingerprint density at radius 1 is 1.20 bits per heavy atom. The van der Waals surface area contributed by atoms with Crippen molar-refractivity contribution < 1.29 is 13.9 Å². The summed E-state index contributed by atoms with van der Waals surface area (Å²) in [5.41, 5.74) is -0.0752. The van der Waals surface area contributed by atoms with Crippen molar-refractivity contribution in [3.8, 4) is 5.75 Å². The van der Waals surface area contributed by atoms with Crippen LogP contribution in [0.5, 0.6) is 5.75 Å². The molecular weight excluding hydrogens is 262 g/mol. The van der Waals surface area contributed by atoms with Gasteiger partial charge < -0.3 is 10.4 Å². The van der Waals surface area contributed by atoms with Gasteiger partial charge in [0, 0.05) is 49.9 Å². The highest BCUT2D eigenvalue weighted by Crippen LogP contribution is 2.43. The van der Waals surface area contributed by atoms with E-state index < -0.39 is 11.6 Å². The third-order valence-corrected chi connectivity index (χ3v) is 3.68. The summed E-state index contributed by atoms with van der Waals surface area (Å²) in [6.45, 7) is 9.22. The summed E-state index contributed by atoms with van der Waals surface area (Å²) in [5, 5.41) is 13.3. The second-order valence-electron chi connectivity index (χ2n) is 6.37. The summed E-state index contributed by atoms with van der Waals surface area (Å²) in [7, 11) is 0. The third kappa shape index (κ3) is 3.10. The first-order chi connectivity index (χ1) is 9.30. The molecule has 0 aliphatic carbocycles. The molecule has 0 aromatic heterocycles. The summed E-state index contributed by atoms with van der Waals surface area (Å²) in [4.78, 5) is 2.15. The Balaban J connectivity index is 2.46. The van der Waals surface area contributed by atoms with Crippen molar-refractivity contribution in [2.24, 2.45) is 5.41 Å². The number of piperazine rings is 1. The van der Waals surface area contributed by atoms with Crippen molar-refractivity contribution in [2.75, 3.05) is 26.2 Å². The Labute approximate surface area is 118 Å². The first-order valence-electron chi connectivity index (χ1n) is 6.93. The fourth-order valence-electron chi connectivity index (χ4n) is 2.95. The van der Waals surface area contributed by atoms with E-state index in [0.29, 0.717) is 0 Å². The van der Waals surface area contributed by atoms with Crippen LogP contribution in [0, 0.1) is 17.0 Å². The molecule has 112 valence electrons. The highest BCUT2D eigenvalue weighted by Gasteiger charge is 2.36. The van der Waals surface area contributed by atoms with Crippen molar-refractivity contribution in [3.63, 3.8) is 0 Å². The average molecular weight is 284 g/mol. The molecule has 1 fully saturated rings. The predicted octanol–water partition coefficient (Wildman–Crippen LogP) is 2.66. The second kappa shape index (κ2) is 5.66. The Hall–Kier alpha value is -1.20. The van der Waals surface area contributed by atoms with Crippen LogP contribution in [-0.2, 0) is 0 Å². The van der Waals surface area contributed by atoms with E-state index >= 15 is 0 Å². The van der Waals surface area contributed by atoms with Crippen molar-refractivity contribution in [2.45, 2.75) is 26.8 Å². The molecule has 1 aromatic rings. The van der Waals surface area contributed by atoms with Crippen molar-refractivity contribution in [1.82, 2.24) is 10.2 Å². The zero-order valence-electron chi connectivity index (χ0n) is 12.2. The molecule has 0 amide bonds. The van der Waals surface area contributed by atoms with E-state index in [1.807, 2.05) is 20.8 Å². The van der Waals surface area contributed by atoms with Gasteiger partial charge in [-0.3, -0.25) is 4.90 Å². The maximum absolute atomic E-state index is 14.2. The van der Waals surface area contributed by atoms with Gasteiger partial charge in [-0.05, 0) is 5.41 Å². The average Bonchev–Trinajstić information content (AvgIpc) is 2.33. The van der Waals surface area contributed by atoms with Crippen LogP contribution in [0.25, 0.3) is 0 Å². The van der Waals surface area contributed by atoms with Crippen LogP contribution >= 0.6 is 0 Å². The summed E-state index contributed by atoms with van der Waals surface area (Å²) >= 11 is 0. The van der Waals surface area contributed by atoms with Gasteiger partial charge in [-0.1, -0.05) is 20.8 Å². The number of hydrogen-bond acceptors (Lipinski definition) is 3. The molecule has 3 nitrogen and oxygen atoms in total. The molecule has 0 saturated carbocycles. The molecule has 20 heavy (non-hydrogen) atoms. The number of phenolic OH excluding ortho intramolecular Hbond substituents is 1. The van der Waals surface area contributed by atoms with Gasteiger partial charge in [0.05, 0.1) is 0 Å². The highest BCUT2D eigenvalue weighted by atomic mass is 19.1. The molecule has 0 unspecified atom stereocenters. The van der Waals surface area contributed by atoms with Gasteiger partial charge in [-0.2, -0.15) is 0 Å². The first kappa shape index (κ1) is 15.2. The molecule has 1 heterocycles. The standard InChI is InChI=1S/C15H22F2N2O/c1-15(2,3)14(19-6-4-18-5-7-19)13-11(17)8-10(16)9-12(13)20/h8-9,14,18,20H,4-7H2,1-3H3/t14-/m0/s1. The maximum atomic E-state index is 14.2. The largest absolute Gasteiger partial charge is 0.507 e. The molecular formula is C15H22F2N2O. The van der Waals surface area contributed by atoms with Crippen LogP contribution in [0.15, 0.2) is 12.1 Å². The van der Waals surface area contributed by atoms with Crippen LogP contribution in [0.2, 0.25) is 0 Å². The van der Waals surface area contributed by atoms with Crippen molar-refractivity contribution in [3.05, 3.63) is 29.3 Å². The van der Waals surface area contributed by atoms with E-state index in [1.165, 1.54) is 0 Å². The minimum Gasteiger partial charge on any atom is -0.507 e. The number of aromatic hydroxyl groups is 1. The van der Waals surface area contributed by atoms with E-state index in [2.05, 4.69) is 10.2 Å². The molecule has 1 aliphatic rings. The Morgan fingerprint density at radius 2 is 1.80 bits per heavy atom. The molecule has 0 bridgehead atoms. The molecule has 1 saturated heterocycles. The van der Waals surface area contributed by atoms with Crippen LogP contribution in [-0.4, -0.2) is 36.2 Å². The molecule has 0 spiro atoms. The fourth-order valence-corrected chi connectivity index (χ4v) is 2.95. The zero-order chi connectivity index (χ0) is 14.9. The lowest BCUT2D eigenvalue weighted by molar-refractivity contribution is 0.0812. The number of halogens is 2. The minimum atomic E-state index is -0.753. The van der Waals surface area contributed by atoms with Crippen LogP contribution in [0.4, 0.5) is 8.78 Å². The summed E-state index contributed by atoms with van der Waals surface area (Å²) in [6.07, 6.45) is 0. The van der Waals surface area contributed by atoms with Crippen molar-refractivity contribution >= 4 is 0 Å². The Kier molecular flexibility index (Phi) is 4.30.